The fourth-order valence-corrected chi connectivity index (χ4v) is 2.44. The van der Waals surface area contributed by atoms with Crippen LogP contribution in [0.1, 0.15) is 27.2 Å². The normalized spacial score (nSPS) is 22.1. The first-order chi connectivity index (χ1) is 9.38. The van der Waals surface area contributed by atoms with E-state index in [1.54, 1.807) is 0 Å². The van der Waals surface area contributed by atoms with Gasteiger partial charge in [-0.15, -0.1) is 0 Å². The van der Waals surface area contributed by atoms with Crippen LogP contribution >= 0.6 is 0 Å². The summed E-state index contributed by atoms with van der Waals surface area (Å²) in [7, 11) is 0. The van der Waals surface area contributed by atoms with Crippen LogP contribution < -0.4 is 0 Å². The molecule has 0 aromatic heterocycles. The molecule has 1 saturated heterocycles. The predicted octanol–water partition coefficient (Wildman–Crippen LogP) is 1.78. The number of hydrogen-bond acceptors (Lipinski definition) is 4. The summed E-state index contributed by atoms with van der Waals surface area (Å²) in [6.07, 6.45) is 2.93. The minimum atomic E-state index is -0.620. The van der Waals surface area contributed by atoms with Gasteiger partial charge in [0.05, 0.1) is 19.0 Å². The van der Waals surface area contributed by atoms with Crippen molar-refractivity contribution < 1.29 is 9.18 Å². The first kappa shape index (κ1) is 16.8. The summed E-state index contributed by atoms with van der Waals surface area (Å²) in [5.74, 6) is -0.102. The molecule has 0 aliphatic carbocycles. The summed E-state index contributed by atoms with van der Waals surface area (Å²) in [6, 6.07) is 2.26. The van der Waals surface area contributed by atoms with Gasteiger partial charge in [-0.2, -0.15) is 5.26 Å². The average Bonchev–Trinajstić information content (AvgIpc) is 2.37. The molecule has 4 nitrogen and oxygen atoms in total. The quantitative estimate of drug-likeness (QED) is 0.721. The summed E-state index contributed by atoms with van der Waals surface area (Å²) in [5, 5.41) is 8.96. The van der Waals surface area contributed by atoms with E-state index in [1.807, 2.05) is 4.90 Å². The first-order valence-corrected chi connectivity index (χ1v) is 7.00. The number of hydrogen-bond donors (Lipinski definition) is 0. The average molecular weight is 281 g/mol. The van der Waals surface area contributed by atoms with E-state index in [-0.39, 0.29) is 23.9 Å². The number of rotatable bonds is 5. The third-order valence-electron chi connectivity index (χ3n) is 3.63. The monoisotopic (exact) mass is 281 g/mol. The van der Waals surface area contributed by atoms with Gasteiger partial charge >= 0.3 is 0 Å². The molecule has 5 heteroatoms. The summed E-state index contributed by atoms with van der Waals surface area (Å²) in [5.41, 5.74) is 0.0674. The largest absolute Gasteiger partial charge is 0.296 e. The highest BCUT2D eigenvalue weighted by molar-refractivity contribution is 5.91. The van der Waals surface area contributed by atoms with Crippen molar-refractivity contribution in [2.75, 3.05) is 32.9 Å². The highest BCUT2D eigenvalue weighted by Gasteiger charge is 2.32. The fourth-order valence-electron chi connectivity index (χ4n) is 2.44. The fraction of sp³-hybridized carbons (Fsp3) is 0.733. The van der Waals surface area contributed by atoms with Crippen LogP contribution in [0, 0.1) is 11.3 Å². The van der Waals surface area contributed by atoms with Crippen molar-refractivity contribution in [2.24, 2.45) is 0 Å². The topological polar surface area (TPSA) is 47.3 Å². The zero-order chi connectivity index (χ0) is 15.2. The lowest BCUT2D eigenvalue weighted by atomic mass is 10.0. The molecule has 1 aliphatic rings. The lowest BCUT2D eigenvalue weighted by Crippen LogP contribution is -2.58. The van der Waals surface area contributed by atoms with Crippen LogP contribution in [-0.2, 0) is 4.79 Å². The second-order valence-electron chi connectivity index (χ2n) is 6.13. The molecule has 1 fully saturated rings. The number of allylic oxidation sites excluding steroid dienone is 1. The second kappa shape index (κ2) is 7.51. The van der Waals surface area contributed by atoms with Crippen LogP contribution in [0.4, 0.5) is 4.39 Å². The molecular formula is C15H24FN3O. The van der Waals surface area contributed by atoms with Gasteiger partial charge in [0.25, 0.3) is 0 Å². The van der Waals surface area contributed by atoms with Gasteiger partial charge < -0.3 is 0 Å². The Bertz CT molecular complexity index is 395. The number of ketones is 1. The third kappa shape index (κ3) is 5.03. The van der Waals surface area contributed by atoms with E-state index in [1.165, 1.54) is 12.2 Å². The van der Waals surface area contributed by atoms with Crippen LogP contribution in [-0.4, -0.2) is 60.0 Å². The lowest BCUT2D eigenvalue weighted by molar-refractivity contribution is -0.117. The molecule has 0 bridgehead atoms. The van der Waals surface area contributed by atoms with Crippen LogP contribution in [0.2, 0.25) is 0 Å². The molecule has 0 radical (unpaired) electrons. The van der Waals surface area contributed by atoms with E-state index in [2.05, 4.69) is 31.7 Å². The van der Waals surface area contributed by atoms with E-state index in [9.17, 15) is 9.18 Å². The SMILES string of the molecule is CC(C)(C)N1CCN(CC(=O)/C=C/CF)[C@@H](CC#N)C1. The molecule has 20 heavy (non-hydrogen) atoms. The van der Waals surface area contributed by atoms with E-state index < -0.39 is 6.67 Å². The first-order valence-electron chi connectivity index (χ1n) is 7.00. The molecule has 0 saturated carbocycles. The zero-order valence-corrected chi connectivity index (χ0v) is 12.6. The summed E-state index contributed by atoms with van der Waals surface area (Å²) >= 11 is 0. The molecule has 0 aromatic rings. The maximum atomic E-state index is 12.0. The van der Waals surface area contributed by atoms with Crippen molar-refractivity contribution >= 4 is 5.78 Å². The lowest BCUT2D eigenvalue weighted by Gasteiger charge is -2.46. The van der Waals surface area contributed by atoms with Gasteiger partial charge in [0.15, 0.2) is 5.78 Å². The highest BCUT2D eigenvalue weighted by atomic mass is 19.1. The summed E-state index contributed by atoms with van der Waals surface area (Å²) in [6.45, 7) is 8.54. The number of halogens is 1. The molecule has 0 spiro atoms. The van der Waals surface area contributed by atoms with Gasteiger partial charge in [0, 0.05) is 31.2 Å². The van der Waals surface area contributed by atoms with Crippen LogP contribution in [0.5, 0.6) is 0 Å². The molecule has 0 N–H and O–H groups in total. The van der Waals surface area contributed by atoms with Crippen LogP contribution in [0.3, 0.4) is 0 Å². The smallest absolute Gasteiger partial charge is 0.169 e. The Hall–Kier alpha value is -1.25. The van der Waals surface area contributed by atoms with Crippen molar-refractivity contribution in [3.8, 4) is 6.07 Å². The number of carbonyl (C=O) groups is 1. The van der Waals surface area contributed by atoms with Gasteiger partial charge in [-0.05, 0) is 26.8 Å². The molecule has 1 aliphatic heterocycles. The highest BCUT2D eigenvalue weighted by Crippen LogP contribution is 2.20. The van der Waals surface area contributed by atoms with Gasteiger partial charge in [-0.3, -0.25) is 14.6 Å². The van der Waals surface area contributed by atoms with E-state index in [0.717, 1.165) is 19.6 Å². The molecule has 0 amide bonds. The van der Waals surface area contributed by atoms with E-state index >= 15 is 0 Å². The minimum Gasteiger partial charge on any atom is -0.296 e. The molecule has 0 unspecified atom stereocenters. The van der Waals surface area contributed by atoms with Crippen molar-refractivity contribution in [2.45, 2.75) is 38.8 Å². The van der Waals surface area contributed by atoms with Gasteiger partial charge in [0.2, 0.25) is 0 Å². The Kier molecular flexibility index (Phi) is 6.31. The Labute approximate surface area is 120 Å². The molecule has 1 heterocycles. The Morgan fingerprint density at radius 2 is 2.15 bits per heavy atom. The Balaban J connectivity index is 2.66. The Morgan fingerprint density at radius 3 is 2.70 bits per heavy atom. The molecule has 112 valence electrons. The number of piperazine rings is 1. The molecular weight excluding hydrogens is 257 g/mol. The second-order valence-corrected chi connectivity index (χ2v) is 6.13. The van der Waals surface area contributed by atoms with E-state index in [4.69, 9.17) is 5.26 Å². The maximum absolute atomic E-state index is 12.0. The minimum absolute atomic E-state index is 0.0655. The summed E-state index contributed by atoms with van der Waals surface area (Å²) < 4.78 is 12.0. The van der Waals surface area contributed by atoms with Gasteiger partial charge in [-0.25, -0.2) is 4.39 Å². The van der Waals surface area contributed by atoms with Gasteiger partial charge in [0.1, 0.15) is 6.67 Å². The molecule has 1 rings (SSSR count). The Morgan fingerprint density at radius 1 is 1.45 bits per heavy atom. The number of carbonyl (C=O) groups excluding carboxylic acids is 1. The predicted molar refractivity (Wildman–Crippen MR) is 77.0 cm³/mol. The number of nitriles is 1. The van der Waals surface area contributed by atoms with Crippen molar-refractivity contribution in [3.05, 3.63) is 12.2 Å². The number of nitrogens with zero attached hydrogens (tertiary/aromatic N) is 3. The van der Waals surface area contributed by atoms with Crippen molar-refractivity contribution in [1.29, 1.82) is 5.26 Å². The number of alkyl halides is 1. The van der Waals surface area contributed by atoms with Crippen molar-refractivity contribution in [1.82, 2.24) is 9.80 Å². The third-order valence-corrected chi connectivity index (χ3v) is 3.63. The standard InChI is InChI=1S/C15H24FN3O/c1-15(2,3)19-10-9-18(13(11-19)6-8-17)12-14(20)5-4-7-16/h4-5,13H,6-7,9-12H2,1-3H3/b5-4+/t13-/m0/s1. The maximum Gasteiger partial charge on any atom is 0.169 e. The summed E-state index contributed by atoms with van der Waals surface area (Å²) in [4.78, 5) is 16.1. The molecule has 0 aromatic carbocycles. The zero-order valence-electron chi connectivity index (χ0n) is 12.6. The van der Waals surface area contributed by atoms with E-state index in [0.29, 0.717) is 6.42 Å². The van der Waals surface area contributed by atoms with Gasteiger partial charge in [-0.1, -0.05) is 6.08 Å². The van der Waals surface area contributed by atoms with Crippen molar-refractivity contribution in [3.63, 3.8) is 0 Å². The van der Waals surface area contributed by atoms with Crippen LogP contribution in [0.25, 0.3) is 0 Å². The van der Waals surface area contributed by atoms with Crippen LogP contribution in [0.15, 0.2) is 12.2 Å². The molecule has 1 atom stereocenters.